The maximum absolute atomic E-state index is 13.2. The molecule has 0 aromatic heterocycles. The molecule has 3 aliphatic rings. The molecule has 0 spiro atoms. The van der Waals surface area contributed by atoms with Gasteiger partial charge in [-0.25, -0.2) is 8.42 Å². The first-order valence-corrected chi connectivity index (χ1v) is 14.2. The van der Waals surface area contributed by atoms with Crippen LogP contribution in [0.15, 0.2) is 65.6 Å². The van der Waals surface area contributed by atoms with Gasteiger partial charge in [-0.1, -0.05) is 29.8 Å². The molecular formula is C29H33N3O2S. The summed E-state index contributed by atoms with van der Waals surface area (Å²) in [5.74, 6) is 0. The Morgan fingerprint density at radius 1 is 0.629 bits per heavy atom. The summed E-state index contributed by atoms with van der Waals surface area (Å²) in [7, 11) is -3.48. The van der Waals surface area contributed by atoms with E-state index in [0.29, 0.717) is 18.0 Å². The van der Waals surface area contributed by atoms with Crippen molar-refractivity contribution in [3.05, 3.63) is 88.5 Å². The van der Waals surface area contributed by atoms with Crippen molar-refractivity contribution in [2.24, 2.45) is 0 Å². The van der Waals surface area contributed by atoms with Crippen LogP contribution in [0, 0.1) is 6.92 Å². The van der Waals surface area contributed by atoms with Gasteiger partial charge >= 0.3 is 0 Å². The largest absolute Gasteiger partial charge is 0.372 e. The first-order chi connectivity index (χ1) is 17.0. The van der Waals surface area contributed by atoms with Crippen molar-refractivity contribution < 1.29 is 8.42 Å². The van der Waals surface area contributed by atoms with Crippen molar-refractivity contribution in [3.63, 3.8) is 0 Å². The van der Waals surface area contributed by atoms with Crippen LogP contribution in [0.1, 0.15) is 40.7 Å². The summed E-state index contributed by atoms with van der Waals surface area (Å²) in [5, 5.41) is 0. The molecule has 0 saturated carbocycles. The lowest BCUT2D eigenvalue weighted by molar-refractivity contribution is 0.391. The third-order valence-corrected chi connectivity index (χ3v) is 9.72. The van der Waals surface area contributed by atoms with E-state index in [1.807, 2.05) is 19.1 Å². The highest BCUT2D eigenvalue weighted by Gasteiger charge is 2.29. The summed E-state index contributed by atoms with van der Waals surface area (Å²) < 4.78 is 27.9. The van der Waals surface area contributed by atoms with Crippen molar-refractivity contribution in [3.8, 4) is 0 Å². The SMILES string of the molecule is Cc1ccc(S(=O)(=O)N2CCc3cc(N4CCc5cc(N6CCCC6)ccc5C4)ccc3C2)cc1. The molecule has 3 aromatic rings. The lowest BCUT2D eigenvalue weighted by Crippen LogP contribution is -2.36. The predicted molar refractivity (Wildman–Crippen MR) is 142 cm³/mol. The minimum absolute atomic E-state index is 0.378. The normalized spacial score (nSPS) is 18.4. The van der Waals surface area contributed by atoms with Crippen LogP contribution in [-0.4, -0.2) is 38.9 Å². The summed E-state index contributed by atoms with van der Waals surface area (Å²) in [5.41, 5.74) is 8.98. The van der Waals surface area contributed by atoms with E-state index in [0.717, 1.165) is 37.1 Å². The highest BCUT2D eigenvalue weighted by Crippen LogP contribution is 2.32. The molecule has 0 amide bonds. The highest BCUT2D eigenvalue weighted by molar-refractivity contribution is 7.89. The molecule has 3 aromatic carbocycles. The summed E-state index contributed by atoms with van der Waals surface area (Å²) in [6.07, 6.45) is 4.42. The van der Waals surface area contributed by atoms with Crippen LogP contribution < -0.4 is 9.80 Å². The molecule has 0 N–H and O–H groups in total. The van der Waals surface area contributed by atoms with Crippen LogP contribution in [-0.2, 0) is 36.0 Å². The summed E-state index contributed by atoms with van der Waals surface area (Å²) in [6, 6.07) is 20.8. The van der Waals surface area contributed by atoms with E-state index in [9.17, 15) is 8.42 Å². The number of hydrogen-bond donors (Lipinski definition) is 0. The minimum Gasteiger partial charge on any atom is -0.372 e. The Bertz CT molecular complexity index is 1340. The fourth-order valence-electron chi connectivity index (χ4n) is 5.71. The first-order valence-electron chi connectivity index (χ1n) is 12.8. The molecule has 182 valence electrons. The molecule has 3 heterocycles. The second kappa shape index (κ2) is 8.99. The molecule has 6 heteroatoms. The van der Waals surface area contributed by atoms with Gasteiger partial charge in [-0.05, 0) is 91.3 Å². The van der Waals surface area contributed by atoms with E-state index >= 15 is 0 Å². The van der Waals surface area contributed by atoms with Gasteiger partial charge in [0, 0.05) is 50.6 Å². The monoisotopic (exact) mass is 487 g/mol. The van der Waals surface area contributed by atoms with Gasteiger partial charge in [0.15, 0.2) is 0 Å². The number of rotatable bonds is 4. The van der Waals surface area contributed by atoms with Crippen molar-refractivity contribution in [2.75, 3.05) is 36.0 Å². The molecule has 1 saturated heterocycles. The summed E-state index contributed by atoms with van der Waals surface area (Å²) >= 11 is 0. The molecule has 6 rings (SSSR count). The average molecular weight is 488 g/mol. The zero-order valence-electron chi connectivity index (χ0n) is 20.4. The number of hydrogen-bond acceptors (Lipinski definition) is 4. The molecule has 35 heavy (non-hydrogen) atoms. The van der Waals surface area contributed by atoms with Gasteiger partial charge in [-0.15, -0.1) is 0 Å². The van der Waals surface area contributed by atoms with E-state index in [4.69, 9.17) is 0 Å². The van der Waals surface area contributed by atoms with E-state index in [2.05, 4.69) is 46.2 Å². The molecule has 0 radical (unpaired) electrons. The smallest absolute Gasteiger partial charge is 0.243 e. The molecule has 5 nitrogen and oxygen atoms in total. The molecule has 0 atom stereocenters. The number of aryl methyl sites for hydroxylation is 1. The molecular weight excluding hydrogens is 454 g/mol. The Hall–Kier alpha value is -2.83. The van der Waals surface area contributed by atoms with Gasteiger partial charge in [0.1, 0.15) is 0 Å². The fraction of sp³-hybridized carbons (Fsp3) is 0.379. The summed E-state index contributed by atoms with van der Waals surface area (Å²) in [6.45, 7) is 7.25. The zero-order valence-corrected chi connectivity index (χ0v) is 21.2. The Labute approximate surface area is 209 Å². The Morgan fingerprint density at radius 3 is 1.91 bits per heavy atom. The highest BCUT2D eigenvalue weighted by atomic mass is 32.2. The van der Waals surface area contributed by atoms with Gasteiger partial charge in [0.2, 0.25) is 10.0 Å². The topological polar surface area (TPSA) is 43.9 Å². The van der Waals surface area contributed by atoms with E-state index in [-0.39, 0.29) is 0 Å². The third-order valence-electron chi connectivity index (χ3n) is 7.86. The van der Waals surface area contributed by atoms with Gasteiger partial charge in [-0.2, -0.15) is 4.31 Å². The van der Waals surface area contributed by atoms with Crippen LogP contribution in [0.2, 0.25) is 0 Å². The van der Waals surface area contributed by atoms with Gasteiger partial charge in [0.25, 0.3) is 0 Å². The quantitative estimate of drug-likeness (QED) is 0.525. The Morgan fingerprint density at radius 2 is 1.23 bits per heavy atom. The van der Waals surface area contributed by atoms with E-state index in [1.165, 1.54) is 54.0 Å². The molecule has 0 aliphatic carbocycles. The third kappa shape index (κ3) is 4.34. The number of benzene rings is 3. The van der Waals surface area contributed by atoms with Crippen molar-refractivity contribution >= 4 is 21.4 Å². The zero-order chi connectivity index (χ0) is 24.0. The van der Waals surface area contributed by atoms with Crippen LogP contribution in [0.5, 0.6) is 0 Å². The van der Waals surface area contributed by atoms with E-state index < -0.39 is 10.0 Å². The molecule has 0 bridgehead atoms. The van der Waals surface area contributed by atoms with Crippen LogP contribution in [0.3, 0.4) is 0 Å². The lowest BCUT2D eigenvalue weighted by Gasteiger charge is -2.33. The first kappa shape index (κ1) is 22.6. The number of fused-ring (bicyclic) bond motifs is 2. The number of sulfonamides is 1. The van der Waals surface area contributed by atoms with Crippen LogP contribution in [0.4, 0.5) is 11.4 Å². The molecule has 3 aliphatic heterocycles. The van der Waals surface area contributed by atoms with Gasteiger partial charge in [0.05, 0.1) is 4.90 Å². The van der Waals surface area contributed by atoms with Gasteiger partial charge in [-0.3, -0.25) is 0 Å². The van der Waals surface area contributed by atoms with E-state index in [1.54, 1.807) is 16.4 Å². The van der Waals surface area contributed by atoms with Crippen molar-refractivity contribution in [2.45, 2.75) is 50.6 Å². The second-order valence-electron chi connectivity index (χ2n) is 10.2. The summed E-state index contributed by atoms with van der Waals surface area (Å²) in [4.78, 5) is 5.36. The van der Waals surface area contributed by atoms with Gasteiger partial charge < -0.3 is 9.80 Å². The second-order valence-corrected chi connectivity index (χ2v) is 12.1. The van der Waals surface area contributed by atoms with Crippen LogP contribution in [0.25, 0.3) is 0 Å². The number of nitrogens with zero attached hydrogens (tertiary/aromatic N) is 3. The maximum Gasteiger partial charge on any atom is 0.243 e. The fourth-order valence-corrected chi connectivity index (χ4v) is 7.13. The van der Waals surface area contributed by atoms with Crippen molar-refractivity contribution in [1.82, 2.24) is 4.31 Å². The van der Waals surface area contributed by atoms with Crippen LogP contribution >= 0.6 is 0 Å². The average Bonchev–Trinajstić information content (AvgIpc) is 3.43. The number of anilines is 2. The minimum atomic E-state index is -3.48. The molecule has 1 fully saturated rings. The van der Waals surface area contributed by atoms with Crippen molar-refractivity contribution in [1.29, 1.82) is 0 Å². The Kier molecular flexibility index (Phi) is 5.81. The Balaban J connectivity index is 1.17. The maximum atomic E-state index is 13.2. The molecule has 0 unspecified atom stereocenters. The lowest BCUT2D eigenvalue weighted by atomic mass is 9.96. The standard InChI is InChI=1S/C29H33N3O2S/c1-22-4-10-29(11-5-22)35(33,34)32-17-13-24-19-28(9-7-26(24)21-32)31-16-12-23-18-27(8-6-25(23)20-31)30-14-2-3-15-30/h4-11,18-19H,2-3,12-17,20-21H2,1H3. The predicted octanol–water partition coefficient (Wildman–Crippen LogP) is 4.90.